The van der Waals surface area contributed by atoms with Crippen molar-refractivity contribution in [2.24, 2.45) is 4.99 Å². The first-order chi connectivity index (χ1) is 11.7. The highest BCUT2D eigenvalue weighted by Gasteiger charge is 2.18. The number of piperidine rings is 1. The Bertz CT molecular complexity index is 736. The zero-order valence-electron chi connectivity index (χ0n) is 14.4. The van der Waals surface area contributed by atoms with Crippen molar-refractivity contribution in [3.05, 3.63) is 41.1 Å². The Morgan fingerprint density at radius 3 is 2.71 bits per heavy atom. The molecule has 1 saturated heterocycles. The average molecular weight is 324 g/mol. The molecule has 5 heteroatoms. The molecule has 3 rings (SSSR count). The molecule has 0 atom stereocenters. The molecule has 2 heterocycles. The molecule has 1 aliphatic heterocycles. The van der Waals surface area contributed by atoms with Gasteiger partial charge in [0, 0.05) is 37.5 Å². The van der Waals surface area contributed by atoms with Gasteiger partial charge in [-0.2, -0.15) is 0 Å². The number of benzene rings is 1. The van der Waals surface area contributed by atoms with Crippen LogP contribution in [-0.2, 0) is 6.61 Å². The molecule has 0 bridgehead atoms. The van der Waals surface area contributed by atoms with Crippen molar-refractivity contribution < 1.29 is 5.11 Å². The van der Waals surface area contributed by atoms with E-state index in [0.29, 0.717) is 0 Å². The fraction of sp³-hybridized carbons (Fsp3) is 0.421. The third-order valence-electron chi connectivity index (χ3n) is 4.40. The van der Waals surface area contributed by atoms with Crippen LogP contribution in [0.5, 0.6) is 0 Å². The van der Waals surface area contributed by atoms with Gasteiger partial charge >= 0.3 is 0 Å². The van der Waals surface area contributed by atoms with E-state index in [1.807, 2.05) is 37.4 Å². The fourth-order valence-corrected chi connectivity index (χ4v) is 3.12. The van der Waals surface area contributed by atoms with Crippen LogP contribution in [0.2, 0.25) is 0 Å². The third kappa shape index (κ3) is 3.46. The van der Waals surface area contributed by atoms with Gasteiger partial charge in [0.25, 0.3) is 0 Å². The lowest BCUT2D eigenvalue weighted by Gasteiger charge is -2.27. The minimum absolute atomic E-state index is 0.0219. The molecule has 0 spiro atoms. The van der Waals surface area contributed by atoms with Crippen molar-refractivity contribution in [1.29, 1.82) is 0 Å². The Morgan fingerprint density at radius 1 is 1.21 bits per heavy atom. The number of anilines is 1. The van der Waals surface area contributed by atoms with Crippen LogP contribution in [-0.4, -0.2) is 41.4 Å². The van der Waals surface area contributed by atoms with Crippen molar-refractivity contribution >= 4 is 12.2 Å². The van der Waals surface area contributed by atoms with Gasteiger partial charge in [0.1, 0.15) is 0 Å². The highest BCUT2D eigenvalue weighted by Crippen LogP contribution is 2.27. The number of hydrogen-bond donors (Lipinski definition) is 1. The summed E-state index contributed by atoms with van der Waals surface area (Å²) in [7, 11) is 1.76. The molecular formula is C19H24N4O. The molecule has 0 unspecified atom stereocenters. The quantitative estimate of drug-likeness (QED) is 0.878. The van der Waals surface area contributed by atoms with Crippen LogP contribution in [0.1, 0.15) is 36.1 Å². The predicted molar refractivity (Wildman–Crippen MR) is 97.7 cm³/mol. The molecule has 24 heavy (non-hydrogen) atoms. The number of nitrogens with zero attached hydrogens (tertiary/aromatic N) is 4. The van der Waals surface area contributed by atoms with Gasteiger partial charge in [-0.25, -0.2) is 9.97 Å². The topological polar surface area (TPSA) is 61.6 Å². The molecular weight excluding hydrogens is 300 g/mol. The lowest BCUT2D eigenvalue weighted by molar-refractivity contribution is 0.282. The number of aromatic nitrogens is 2. The highest BCUT2D eigenvalue weighted by atomic mass is 16.3. The second-order valence-corrected chi connectivity index (χ2v) is 6.16. The predicted octanol–water partition coefficient (Wildman–Crippen LogP) is 2.98. The van der Waals surface area contributed by atoms with Gasteiger partial charge < -0.3 is 10.0 Å². The second-order valence-electron chi connectivity index (χ2n) is 6.16. The lowest BCUT2D eigenvalue weighted by Crippen LogP contribution is -2.31. The maximum absolute atomic E-state index is 9.43. The Balaban J connectivity index is 2.11. The third-order valence-corrected chi connectivity index (χ3v) is 4.40. The van der Waals surface area contributed by atoms with Gasteiger partial charge in [0.15, 0.2) is 0 Å². The largest absolute Gasteiger partial charge is 0.392 e. The number of aliphatic hydroxyl groups excluding tert-OH is 1. The van der Waals surface area contributed by atoms with E-state index in [4.69, 9.17) is 9.97 Å². The maximum Gasteiger partial charge on any atom is 0.226 e. The van der Waals surface area contributed by atoms with E-state index in [1.54, 1.807) is 7.05 Å². The second kappa shape index (κ2) is 7.53. The fourth-order valence-electron chi connectivity index (χ4n) is 3.12. The van der Waals surface area contributed by atoms with Gasteiger partial charge in [-0.15, -0.1) is 0 Å². The molecule has 0 aliphatic carbocycles. The minimum Gasteiger partial charge on any atom is -0.392 e. The molecule has 1 aliphatic rings. The number of aryl methyl sites for hydroxylation is 1. The molecule has 126 valence electrons. The van der Waals surface area contributed by atoms with Crippen LogP contribution in [0, 0.1) is 6.92 Å². The summed E-state index contributed by atoms with van der Waals surface area (Å²) in [4.78, 5) is 16.0. The van der Waals surface area contributed by atoms with E-state index in [2.05, 4.69) is 9.89 Å². The summed E-state index contributed by atoms with van der Waals surface area (Å²) in [5.41, 5.74) is 4.61. The summed E-state index contributed by atoms with van der Waals surface area (Å²) in [6, 6.07) is 7.87. The molecule has 0 amide bonds. The van der Waals surface area contributed by atoms with E-state index in [-0.39, 0.29) is 6.61 Å². The number of aliphatic hydroxyl groups is 1. The standard InChI is InChI=1S/C19H24N4O/c1-14-17(12-20-2)18(16-8-6-7-15(11-16)13-24)22-19(21-14)23-9-4-3-5-10-23/h6-8,11-12,24H,3-5,9-10,13H2,1-2H3. The van der Waals surface area contributed by atoms with E-state index in [0.717, 1.165) is 47.1 Å². The zero-order valence-corrected chi connectivity index (χ0v) is 14.4. The molecule has 0 radical (unpaired) electrons. The molecule has 5 nitrogen and oxygen atoms in total. The molecule has 1 N–H and O–H groups in total. The Morgan fingerprint density at radius 2 is 2.00 bits per heavy atom. The SMILES string of the molecule is CN=Cc1c(C)nc(N2CCCCC2)nc1-c1cccc(CO)c1. The van der Waals surface area contributed by atoms with Crippen LogP contribution >= 0.6 is 0 Å². The normalized spacial score (nSPS) is 15.2. The van der Waals surface area contributed by atoms with Gasteiger partial charge in [-0.05, 0) is 37.8 Å². The molecule has 1 aromatic carbocycles. The van der Waals surface area contributed by atoms with Crippen LogP contribution in [0.15, 0.2) is 29.3 Å². The summed E-state index contributed by atoms with van der Waals surface area (Å²) < 4.78 is 0. The first kappa shape index (κ1) is 16.6. The summed E-state index contributed by atoms with van der Waals surface area (Å²) in [6.07, 6.45) is 5.48. The van der Waals surface area contributed by atoms with Crippen molar-refractivity contribution in [2.75, 3.05) is 25.0 Å². The maximum atomic E-state index is 9.43. The highest BCUT2D eigenvalue weighted by molar-refractivity contribution is 5.90. The average Bonchev–Trinajstić information content (AvgIpc) is 2.64. The Kier molecular flexibility index (Phi) is 5.20. The van der Waals surface area contributed by atoms with Crippen molar-refractivity contribution in [2.45, 2.75) is 32.8 Å². The lowest BCUT2D eigenvalue weighted by atomic mass is 10.0. The Hall–Kier alpha value is -2.27. The summed E-state index contributed by atoms with van der Waals surface area (Å²) in [5.74, 6) is 0.796. The van der Waals surface area contributed by atoms with Gasteiger partial charge in [0.2, 0.25) is 5.95 Å². The van der Waals surface area contributed by atoms with Crippen molar-refractivity contribution in [3.63, 3.8) is 0 Å². The molecule has 2 aromatic rings. The van der Waals surface area contributed by atoms with Crippen LogP contribution in [0.25, 0.3) is 11.3 Å². The molecule has 0 saturated carbocycles. The van der Waals surface area contributed by atoms with E-state index in [1.165, 1.54) is 19.3 Å². The van der Waals surface area contributed by atoms with Crippen LogP contribution < -0.4 is 4.90 Å². The van der Waals surface area contributed by atoms with Crippen LogP contribution in [0.4, 0.5) is 5.95 Å². The molecule has 1 fully saturated rings. The first-order valence-corrected chi connectivity index (χ1v) is 8.49. The minimum atomic E-state index is 0.0219. The van der Waals surface area contributed by atoms with Gasteiger partial charge in [-0.3, -0.25) is 4.99 Å². The summed E-state index contributed by atoms with van der Waals surface area (Å²) >= 11 is 0. The van der Waals surface area contributed by atoms with Gasteiger partial charge in [0.05, 0.1) is 18.0 Å². The van der Waals surface area contributed by atoms with E-state index in [9.17, 15) is 5.11 Å². The number of hydrogen-bond acceptors (Lipinski definition) is 5. The smallest absolute Gasteiger partial charge is 0.226 e. The summed E-state index contributed by atoms with van der Waals surface area (Å²) in [5, 5.41) is 9.43. The zero-order chi connectivity index (χ0) is 16.9. The monoisotopic (exact) mass is 324 g/mol. The van der Waals surface area contributed by atoms with E-state index < -0.39 is 0 Å². The molecule has 1 aromatic heterocycles. The van der Waals surface area contributed by atoms with Gasteiger partial charge in [-0.1, -0.05) is 18.2 Å². The van der Waals surface area contributed by atoms with Crippen molar-refractivity contribution in [1.82, 2.24) is 9.97 Å². The summed E-state index contributed by atoms with van der Waals surface area (Å²) in [6.45, 7) is 4.05. The Labute approximate surface area is 143 Å². The van der Waals surface area contributed by atoms with E-state index >= 15 is 0 Å². The van der Waals surface area contributed by atoms with Crippen LogP contribution in [0.3, 0.4) is 0 Å². The number of aliphatic imine (C=N–C) groups is 1. The first-order valence-electron chi connectivity index (χ1n) is 8.49. The number of rotatable bonds is 4. The van der Waals surface area contributed by atoms with Crippen molar-refractivity contribution in [3.8, 4) is 11.3 Å².